The average Bonchev–Trinajstić information content (AvgIpc) is 3.01. The predicted octanol–water partition coefficient (Wildman–Crippen LogP) is 4.15. The van der Waals surface area contributed by atoms with Crippen LogP contribution in [0.25, 0.3) is 0 Å². The van der Waals surface area contributed by atoms with Gasteiger partial charge in [0.1, 0.15) is 23.4 Å². The molecule has 0 saturated carbocycles. The highest BCUT2D eigenvalue weighted by Crippen LogP contribution is 2.47. The average molecular weight is 709 g/mol. The second-order valence-corrected chi connectivity index (χ2v) is 10.9. The van der Waals surface area contributed by atoms with Gasteiger partial charge in [0.05, 0.1) is 12.7 Å². The van der Waals surface area contributed by atoms with Gasteiger partial charge in [-0.25, -0.2) is 4.79 Å². The molecule has 268 valence electrons. The van der Waals surface area contributed by atoms with Gasteiger partial charge in [0.15, 0.2) is 29.1 Å². The van der Waals surface area contributed by atoms with Gasteiger partial charge in [0, 0.05) is 71.2 Å². The third kappa shape index (κ3) is 9.59. The number of ether oxygens (including phenoxy) is 9. The van der Waals surface area contributed by atoms with Crippen molar-refractivity contribution in [2.75, 3.05) is 7.11 Å². The molecule has 4 rings (SSSR count). The van der Waals surface area contributed by atoms with E-state index < -0.39 is 59.7 Å². The minimum atomic E-state index is -1.29. The van der Waals surface area contributed by atoms with E-state index in [0.717, 1.165) is 34.6 Å². The van der Waals surface area contributed by atoms with Crippen LogP contribution in [0.2, 0.25) is 0 Å². The van der Waals surface area contributed by atoms with Crippen LogP contribution in [0, 0.1) is 0 Å². The monoisotopic (exact) mass is 708 g/mol. The van der Waals surface area contributed by atoms with Crippen LogP contribution < -0.4 is 37.9 Å². The molecule has 0 aromatic heterocycles. The predicted molar refractivity (Wildman–Crippen MR) is 170 cm³/mol. The lowest BCUT2D eigenvalue weighted by atomic mass is 9.93. The van der Waals surface area contributed by atoms with Crippen molar-refractivity contribution in [1.29, 1.82) is 0 Å². The van der Waals surface area contributed by atoms with Crippen molar-refractivity contribution < 1.29 is 76.2 Å². The summed E-state index contributed by atoms with van der Waals surface area (Å²) in [5, 5.41) is 0. The van der Waals surface area contributed by atoms with Crippen molar-refractivity contribution in [3.63, 3.8) is 0 Å². The number of carbonyl (C=O) groups is 7. The maximum atomic E-state index is 13.7. The number of fused-ring (bicyclic) bond motifs is 1. The first-order valence-corrected chi connectivity index (χ1v) is 15.1. The fourth-order valence-corrected chi connectivity index (χ4v) is 4.99. The van der Waals surface area contributed by atoms with Crippen LogP contribution in [0.15, 0.2) is 42.5 Å². The molecule has 0 aliphatic carbocycles. The number of carbonyl (C=O) groups excluding carboxylic acids is 7. The van der Waals surface area contributed by atoms with Crippen LogP contribution in [0.3, 0.4) is 0 Å². The lowest BCUT2D eigenvalue weighted by molar-refractivity contribution is -0.135. The smallest absolute Gasteiger partial charge is 0.338 e. The molecule has 0 bridgehead atoms. The van der Waals surface area contributed by atoms with E-state index in [1.165, 1.54) is 56.5 Å². The van der Waals surface area contributed by atoms with Gasteiger partial charge in [-0.2, -0.15) is 0 Å². The zero-order valence-corrected chi connectivity index (χ0v) is 28.4. The quantitative estimate of drug-likeness (QED) is 0.214. The van der Waals surface area contributed by atoms with Crippen molar-refractivity contribution in [1.82, 2.24) is 0 Å². The Morgan fingerprint density at radius 1 is 0.588 bits per heavy atom. The van der Waals surface area contributed by atoms with Crippen molar-refractivity contribution in [2.45, 2.75) is 60.2 Å². The summed E-state index contributed by atoms with van der Waals surface area (Å²) in [6, 6.07) is 9.09. The summed E-state index contributed by atoms with van der Waals surface area (Å²) in [7, 11) is 1.31. The van der Waals surface area contributed by atoms with Gasteiger partial charge < -0.3 is 42.6 Å². The summed E-state index contributed by atoms with van der Waals surface area (Å²) >= 11 is 0. The van der Waals surface area contributed by atoms with Crippen molar-refractivity contribution >= 4 is 41.8 Å². The number of esters is 7. The van der Waals surface area contributed by atoms with Crippen molar-refractivity contribution in [3.05, 3.63) is 59.2 Å². The summed E-state index contributed by atoms with van der Waals surface area (Å²) in [6.07, 6.45) is -2.72. The van der Waals surface area contributed by atoms with Crippen molar-refractivity contribution in [2.24, 2.45) is 0 Å². The first-order valence-electron chi connectivity index (χ1n) is 15.1. The molecule has 2 unspecified atom stereocenters. The Morgan fingerprint density at radius 2 is 1.12 bits per heavy atom. The molecule has 0 N–H and O–H groups in total. The molecule has 3 aromatic carbocycles. The first-order chi connectivity index (χ1) is 24.0. The molecule has 0 radical (unpaired) electrons. The highest BCUT2D eigenvalue weighted by molar-refractivity contribution is 5.90. The van der Waals surface area contributed by atoms with E-state index in [9.17, 15) is 33.6 Å². The Morgan fingerprint density at radius 3 is 1.65 bits per heavy atom. The Labute approximate surface area is 290 Å². The van der Waals surface area contributed by atoms with Gasteiger partial charge in [0.2, 0.25) is 5.75 Å². The Balaban J connectivity index is 1.90. The molecule has 0 amide bonds. The van der Waals surface area contributed by atoms with Crippen LogP contribution in [0.4, 0.5) is 0 Å². The van der Waals surface area contributed by atoms with E-state index >= 15 is 0 Å². The lowest BCUT2D eigenvalue weighted by Crippen LogP contribution is -2.35. The zero-order valence-electron chi connectivity index (χ0n) is 28.4. The van der Waals surface area contributed by atoms with Crippen LogP contribution >= 0.6 is 0 Å². The van der Waals surface area contributed by atoms with E-state index in [1.807, 2.05) is 0 Å². The van der Waals surface area contributed by atoms with Crippen molar-refractivity contribution in [3.8, 4) is 46.0 Å². The van der Waals surface area contributed by atoms with Gasteiger partial charge >= 0.3 is 41.8 Å². The highest BCUT2D eigenvalue weighted by atomic mass is 16.6. The molecule has 16 heteroatoms. The molecule has 1 aliphatic rings. The highest BCUT2D eigenvalue weighted by Gasteiger charge is 2.39. The molecule has 0 spiro atoms. The van der Waals surface area contributed by atoms with Crippen LogP contribution in [-0.4, -0.2) is 55.0 Å². The summed E-state index contributed by atoms with van der Waals surface area (Å²) < 4.78 is 49.1. The standard InChI is InChI=1S/C35H32O16/c1-16(36)44-24-13-27(46-18(3)38)25-15-32(51-35(42)22-8-9-26(45-17(2)37)29(10-22)43-7)33(50-28(25)14-24)23-11-30(47-19(4)39)34(49-21(6)41)31(12-23)48-20(5)40/h8-14,32-33H,15H2,1-7H3. The number of benzene rings is 3. The fourth-order valence-electron chi connectivity index (χ4n) is 4.99. The zero-order chi connectivity index (χ0) is 37.6. The second kappa shape index (κ2) is 15.8. The summed E-state index contributed by atoms with van der Waals surface area (Å²) in [4.78, 5) is 85.2. The Kier molecular flexibility index (Phi) is 11.6. The number of methoxy groups -OCH3 is 1. The summed E-state index contributed by atoms with van der Waals surface area (Å²) in [5.74, 6) is -6.43. The van der Waals surface area contributed by atoms with E-state index in [1.54, 1.807) is 0 Å². The van der Waals surface area contributed by atoms with Crippen LogP contribution in [0.1, 0.15) is 69.1 Å². The first kappa shape index (κ1) is 37.4. The molecule has 2 atom stereocenters. The maximum absolute atomic E-state index is 13.7. The molecule has 16 nitrogen and oxygen atoms in total. The molecular weight excluding hydrogens is 676 g/mol. The minimum Gasteiger partial charge on any atom is -0.493 e. The topological polar surface area (TPSA) is 203 Å². The largest absolute Gasteiger partial charge is 0.493 e. The third-order valence-electron chi connectivity index (χ3n) is 6.69. The van der Waals surface area contributed by atoms with E-state index in [4.69, 9.17) is 42.6 Å². The maximum Gasteiger partial charge on any atom is 0.338 e. The lowest BCUT2D eigenvalue weighted by Gasteiger charge is -2.34. The van der Waals surface area contributed by atoms with Crippen LogP contribution in [-0.2, 0) is 39.9 Å². The molecule has 1 aliphatic heterocycles. The van der Waals surface area contributed by atoms with Gasteiger partial charge in [-0.15, -0.1) is 0 Å². The molecular formula is C35H32O16. The van der Waals surface area contributed by atoms with Gasteiger partial charge in [-0.1, -0.05) is 0 Å². The Hall–Kier alpha value is -6.45. The molecule has 0 fully saturated rings. The number of rotatable bonds is 10. The fraction of sp³-hybridized carbons (Fsp3) is 0.286. The van der Waals surface area contributed by atoms with E-state index in [0.29, 0.717) is 0 Å². The molecule has 51 heavy (non-hydrogen) atoms. The molecule has 3 aromatic rings. The Bertz CT molecular complexity index is 1890. The minimum absolute atomic E-state index is 0.0240. The number of hydrogen-bond acceptors (Lipinski definition) is 16. The normalized spacial score (nSPS) is 14.4. The molecule has 1 heterocycles. The second-order valence-electron chi connectivity index (χ2n) is 10.9. The third-order valence-corrected chi connectivity index (χ3v) is 6.69. The molecule has 0 saturated heterocycles. The van der Waals surface area contributed by atoms with E-state index in [2.05, 4.69) is 0 Å². The number of hydrogen-bond donors (Lipinski definition) is 0. The van der Waals surface area contributed by atoms with Gasteiger partial charge in [-0.3, -0.25) is 28.8 Å². The van der Waals surface area contributed by atoms with Gasteiger partial charge in [-0.05, 0) is 30.3 Å². The van der Waals surface area contributed by atoms with Gasteiger partial charge in [0.25, 0.3) is 0 Å². The summed E-state index contributed by atoms with van der Waals surface area (Å²) in [6.45, 7) is 6.76. The van der Waals surface area contributed by atoms with E-state index in [-0.39, 0.29) is 63.4 Å². The SMILES string of the molecule is COc1cc(C(=O)OC2Cc3c(OC(C)=O)cc(OC(C)=O)cc3OC2c2cc(OC(C)=O)c(OC(C)=O)c(OC(C)=O)c2)ccc1OC(C)=O. The summed E-state index contributed by atoms with van der Waals surface area (Å²) in [5.41, 5.74) is 0.315. The van der Waals surface area contributed by atoms with Crippen LogP contribution in [0.5, 0.6) is 46.0 Å².